The fourth-order valence-corrected chi connectivity index (χ4v) is 3.16. The van der Waals surface area contributed by atoms with Crippen molar-refractivity contribution in [3.05, 3.63) is 51.7 Å². The van der Waals surface area contributed by atoms with Gasteiger partial charge in [0, 0.05) is 35.5 Å². The van der Waals surface area contributed by atoms with Crippen LogP contribution in [0.15, 0.2) is 40.3 Å². The van der Waals surface area contributed by atoms with Crippen molar-refractivity contribution in [1.82, 2.24) is 20.0 Å². The summed E-state index contributed by atoms with van der Waals surface area (Å²) >= 11 is 5.11. The number of hydrogen-bond acceptors (Lipinski definition) is 5. The maximum Gasteiger partial charge on any atom is 0.123 e. The minimum Gasteiger partial charge on any atom is -0.378 e. The molecule has 22 heavy (non-hydrogen) atoms. The molecule has 2 heterocycles. The highest BCUT2D eigenvalue weighted by Gasteiger charge is 2.06. The predicted octanol–water partition coefficient (Wildman–Crippen LogP) is 3.55. The molecular weight excluding hydrogens is 364 g/mol. The van der Waals surface area contributed by atoms with E-state index in [-0.39, 0.29) is 0 Å². The zero-order valence-electron chi connectivity index (χ0n) is 12.1. The minimum absolute atomic E-state index is 0.490. The van der Waals surface area contributed by atoms with E-state index in [1.165, 1.54) is 0 Å². The van der Waals surface area contributed by atoms with Crippen LogP contribution in [0, 0.1) is 0 Å². The van der Waals surface area contributed by atoms with Gasteiger partial charge in [-0.1, -0.05) is 33.3 Å². The van der Waals surface area contributed by atoms with E-state index < -0.39 is 0 Å². The molecule has 1 aromatic carbocycles. The summed E-state index contributed by atoms with van der Waals surface area (Å²) in [6.45, 7) is 1.25. The maximum absolute atomic E-state index is 5.03. The third-order valence-corrected chi connectivity index (χ3v) is 4.59. The Morgan fingerprint density at radius 2 is 2.05 bits per heavy atom. The van der Waals surface area contributed by atoms with Crippen LogP contribution in [0.4, 0.5) is 0 Å². The lowest BCUT2D eigenvalue weighted by atomic mass is 10.2. The van der Waals surface area contributed by atoms with E-state index in [0.29, 0.717) is 6.61 Å². The van der Waals surface area contributed by atoms with Crippen LogP contribution in [0.25, 0.3) is 10.6 Å². The Labute approximate surface area is 141 Å². The summed E-state index contributed by atoms with van der Waals surface area (Å²) in [7, 11) is 1.65. The number of benzene rings is 1. The van der Waals surface area contributed by atoms with Crippen molar-refractivity contribution in [2.75, 3.05) is 7.11 Å². The number of ether oxygens (including phenoxy) is 1. The smallest absolute Gasteiger partial charge is 0.123 e. The lowest BCUT2D eigenvalue weighted by Gasteiger charge is -1.98. The molecular formula is C15H15BrN4OS. The first kappa shape index (κ1) is 15.3. The van der Waals surface area contributed by atoms with Gasteiger partial charge in [0.1, 0.15) is 10.7 Å². The third-order valence-electron chi connectivity index (χ3n) is 3.12. The van der Waals surface area contributed by atoms with Crippen LogP contribution in [0.5, 0.6) is 0 Å². The van der Waals surface area contributed by atoms with Crippen LogP contribution < -0.4 is 0 Å². The number of nitrogens with zero attached hydrogens (tertiary/aromatic N) is 4. The highest BCUT2D eigenvalue weighted by atomic mass is 79.9. The first-order valence-corrected chi connectivity index (χ1v) is 8.50. The topological polar surface area (TPSA) is 52.8 Å². The number of aryl methyl sites for hydroxylation is 2. The van der Waals surface area contributed by atoms with Crippen LogP contribution in [0.3, 0.4) is 0 Å². The molecule has 0 unspecified atom stereocenters. The van der Waals surface area contributed by atoms with Crippen molar-refractivity contribution >= 4 is 27.3 Å². The monoisotopic (exact) mass is 378 g/mol. The quantitative estimate of drug-likeness (QED) is 0.657. The van der Waals surface area contributed by atoms with E-state index >= 15 is 0 Å². The molecule has 0 aliphatic heterocycles. The number of aromatic nitrogens is 4. The molecule has 3 aromatic rings. The number of methoxy groups -OCH3 is 1. The zero-order valence-corrected chi connectivity index (χ0v) is 14.5. The first-order chi connectivity index (χ1) is 10.7. The van der Waals surface area contributed by atoms with Crippen molar-refractivity contribution in [3.8, 4) is 10.6 Å². The minimum atomic E-state index is 0.490. The largest absolute Gasteiger partial charge is 0.378 e. The van der Waals surface area contributed by atoms with Gasteiger partial charge in [-0.2, -0.15) is 0 Å². The van der Waals surface area contributed by atoms with Crippen LogP contribution in [0.2, 0.25) is 0 Å². The molecule has 0 aliphatic rings. The standard InChI is InChI=1S/C15H15BrN4OS/c1-21-9-14-8-20(19-18-14)7-6-13-10-22-15(17-13)11-2-4-12(16)5-3-11/h2-5,8,10H,6-7,9H2,1H3. The zero-order chi connectivity index (χ0) is 15.4. The van der Waals surface area contributed by atoms with Crippen molar-refractivity contribution in [2.24, 2.45) is 0 Å². The van der Waals surface area contributed by atoms with E-state index in [4.69, 9.17) is 4.74 Å². The predicted molar refractivity (Wildman–Crippen MR) is 89.7 cm³/mol. The van der Waals surface area contributed by atoms with E-state index in [1.807, 2.05) is 23.0 Å². The van der Waals surface area contributed by atoms with Crippen molar-refractivity contribution in [2.45, 2.75) is 19.6 Å². The van der Waals surface area contributed by atoms with Crippen molar-refractivity contribution < 1.29 is 4.74 Å². The van der Waals surface area contributed by atoms with Crippen LogP contribution >= 0.6 is 27.3 Å². The first-order valence-electron chi connectivity index (χ1n) is 6.83. The summed E-state index contributed by atoms with van der Waals surface area (Å²) in [6.07, 6.45) is 2.74. The Balaban J connectivity index is 1.62. The molecule has 0 bridgehead atoms. The Kier molecular flexibility index (Phi) is 4.97. The fraction of sp³-hybridized carbons (Fsp3) is 0.267. The van der Waals surface area contributed by atoms with Gasteiger partial charge >= 0.3 is 0 Å². The second-order valence-corrected chi connectivity index (χ2v) is 6.58. The Morgan fingerprint density at radius 3 is 2.82 bits per heavy atom. The van der Waals surface area contributed by atoms with E-state index in [0.717, 1.165) is 39.4 Å². The molecule has 3 rings (SSSR count). The summed E-state index contributed by atoms with van der Waals surface area (Å²) < 4.78 is 7.94. The Bertz CT molecular complexity index is 738. The van der Waals surface area contributed by atoms with Gasteiger partial charge in [-0.3, -0.25) is 4.68 Å². The third kappa shape index (κ3) is 3.79. The SMILES string of the molecule is COCc1cn(CCc2csc(-c3ccc(Br)cc3)n2)nn1. The molecule has 0 amide bonds. The van der Waals surface area contributed by atoms with Crippen LogP contribution in [0.1, 0.15) is 11.4 Å². The summed E-state index contributed by atoms with van der Waals surface area (Å²) in [5, 5.41) is 11.3. The van der Waals surface area contributed by atoms with Gasteiger partial charge in [-0.25, -0.2) is 4.98 Å². The van der Waals surface area contributed by atoms with Gasteiger partial charge in [-0.15, -0.1) is 16.4 Å². The lowest BCUT2D eigenvalue weighted by molar-refractivity contribution is 0.181. The molecule has 0 spiro atoms. The average Bonchev–Trinajstić information content (AvgIpc) is 3.16. The molecule has 0 saturated carbocycles. The van der Waals surface area contributed by atoms with Crippen molar-refractivity contribution in [3.63, 3.8) is 0 Å². The molecule has 0 radical (unpaired) electrons. The van der Waals surface area contributed by atoms with E-state index in [2.05, 4.69) is 48.7 Å². The van der Waals surface area contributed by atoms with Crippen LogP contribution in [-0.2, 0) is 24.3 Å². The maximum atomic E-state index is 5.03. The second kappa shape index (κ2) is 7.13. The number of hydrogen-bond donors (Lipinski definition) is 0. The molecule has 7 heteroatoms. The van der Waals surface area contributed by atoms with Gasteiger partial charge in [-0.05, 0) is 12.1 Å². The van der Waals surface area contributed by atoms with Gasteiger partial charge < -0.3 is 4.74 Å². The number of thiazole rings is 1. The Morgan fingerprint density at radius 1 is 1.23 bits per heavy atom. The molecule has 2 aromatic heterocycles. The van der Waals surface area contributed by atoms with Crippen LogP contribution in [-0.4, -0.2) is 27.1 Å². The highest BCUT2D eigenvalue weighted by Crippen LogP contribution is 2.25. The Hall–Kier alpha value is -1.57. The molecule has 5 nitrogen and oxygen atoms in total. The number of halogens is 1. The van der Waals surface area contributed by atoms with E-state index in [9.17, 15) is 0 Å². The number of rotatable bonds is 6. The van der Waals surface area contributed by atoms with Gasteiger partial charge in [0.25, 0.3) is 0 Å². The van der Waals surface area contributed by atoms with Gasteiger partial charge in [0.05, 0.1) is 18.5 Å². The summed E-state index contributed by atoms with van der Waals surface area (Å²) in [5.41, 5.74) is 3.06. The molecule has 0 fully saturated rings. The summed E-state index contributed by atoms with van der Waals surface area (Å²) in [5.74, 6) is 0. The second-order valence-electron chi connectivity index (χ2n) is 4.81. The van der Waals surface area contributed by atoms with Gasteiger partial charge in [0.2, 0.25) is 0 Å². The molecule has 0 saturated heterocycles. The average molecular weight is 379 g/mol. The summed E-state index contributed by atoms with van der Waals surface area (Å²) in [4.78, 5) is 4.69. The summed E-state index contributed by atoms with van der Waals surface area (Å²) in [6, 6.07) is 8.20. The molecule has 0 aliphatic carbocycles. The van der Waals surface area contributed by atoms with Crippen molar-refractivity contribution in [1.29, 1.82) is 0 Å². The highest BCUT2D eigenvalue weighted by molar-refractivity contribution is 9.10. The molecule has 114 valence electrons. The molecule has 0 N–H and O–H groups in total. The van der Waals surface area contributed by atoms with Gasteiger partial charge in [0.15, 0.2) is 0 Å². The lowest BCUT2D eigenvalue weighted by Crippen LogP contribution is -2.02. The fourth-order valence-electron chi connectivity index (χ4n) is 2.04. The normalized spacial score (nSPS) is 11.0. The van der Waals surface area contributed by atoms with E-state index in [1.54, 1.807) is 18.4 Å². The molecule has 0 atom stereocenters.